The molecule has 0 aliphatic carbocycles. The molecule has 2 aromatic rings. The Kier molecular flexibility index (Phi) is 7.52. The van der Waals surface area contributed by atoms with Gasteiger partial charge in [0, 0.05) is 13.1 Å². The molecular formula is C17H26Cl2N4O. The first-order valence-corrected chi connectivity index (χ1v) is 8.05. The number of halogens is 2. The number of aromatic nitrogens is 2. The molecule has 1 atom stereocenters. The molecule has 24 heavy (non-hydrogen) atoms. The molecule has 0 spiro atoms. The smallest absolute Gasteiger partial charge is 0.240 e. The molecule has 2 heterocycles. The molecule has 3 rings (SSSR count). The van der Waals surface area contributed by atoms with Crippen LogP contribution in [0.2, 0.25) is 0 Å². The zero-order valence-corrected chi connectivity index (χ0v) is 15.8. The number of nitrogens with one attached hydrogen (secondary N) is 2. The summed E-state index contributed by atoms with van der Waals surface area (Å²) in [6.45, 7) is 6.30. The van der Waals surface area contributed by atoms with E-state index in [0.717, 1.165) is 49.2 Å². The molecule has 1 amide bonds. The number of nitrogens with zero attached hydrogens (tertiary/aromatic N) is 2. The minimum Gasteiger partial charge on any atom is -0.353 e. The van der Waals surface area contributed by atoms with Crippen LogP contribution in [-0.2, 0) is 11.3 Å². The summed E-state index contributed by atoms with van der Waals surface area (Å²) in [6.07, 6.45) is 3.18. The zero-order chi connectivity index (χ0) is 15.6. The molecule has 1 fully saturated rings. The molecule has 0 saturated carbocycles. The molecule has 1 aliphatic rings. The highest BCUT2D eigenvalue weighted by molar-refractivity contribution is 5.86. The van der Waals surface area contributed by atoms with Gasteiger partial charge < -0.3 is 15.2 Å². The lowest BCUT2D eigenvalue weighted by molar-refractivity contribution is -0.127. The third-order valence-corrected chi connectivity index (χ3v) is 4.59. The number of fused-ring (bicyclic) bond motifs is 1. The molecule has 1 saturated heterocycles. The fourth-order valence-corrected chi connectivity index (χ4v) is 3.20. The van der Waals surface area contributed by atoms with Crippen LogP contribution in [0.15, 0.2) is 24.3 Å². The number of hydrogen-bond acceptors (Lipinski definition) is 3. The Morgan fingerprint density at radius 2 is 2.08 bits per heavy atom. The van der Waals surface area contributed by atoms with E-state index in [1.807, 2.05) is 32.0 Å². The molecule has 1 aliphatic heterocycles. The molecule has 7 heteroatoms. The van der Waals surface area contributed by atoms with Gasteiger partial charge in [-0.05, 0) is 51.8 Å². The number of piperidine rings is 1. The summed E-state index contributed by atoms with van der Waals surface area (Å²) < 4.78 is 2.16. The van der Waals surface area contributed by atoms with E-state index >= 15 is 0 Å². The molecule has 1 aromatic carbocycles. The largest absolute Gasteiger partial charge is 0.353 e. The highest BCUT2D eigenvalue weighted by atomic mass is 35.5. The predicted octanol–water partition coefficient (Wildman–Crippen LogP) is 2.84. The highest BCUT2D eigenvalue weighted by Gasteiger charge is 2.33. The average molecular weight is 373 g/mol. The van der Waals surface area contributed by atoms with Gasteiger partial charge in [0.15, 0.2) is 0 Å². The number of aryl methyl sites for hydroxylation is 1. The maximum absolute atomic E-state index is 12.4. The fraction of sp³-hybridized carbons (Fsp3) is 0.529. The van der Waals surface area contributed by atoms with E-state index in [9.17, 15) is 4.79 Å². The second kappa shape index (κ2) is 8.70. The van der Waals surface area contributed by atoms with Crippen molar-refractivity contribution >= 4 is 41.8 Å². The van der Waals surface area contributed by atoms with E-state index in [1.165, 1.54) is 0 Å². The van der Waals surface area contributed by atoms with Crippen LogP contribution in [0.25, 0.3) is 11.0 Å². The molecule has 0 bridgehead atoms. The third-order valence-electron chi connectivity index (χ3n) is 4.59. The van der Waals surface area contributed by atoms with E-state index < -0.39 is 5.54 Å². The summed E-state index contributed by atoms with van der Waals surface area (Å²) in [5, 5.41) is 6.42. The SMILES string of the molecule is Cc1nc2ccccc2n1CCNC(=O)C1(C)CCCCN1.Cl.Cl. The molecular weight excluding hydrogens is 347 g/mol. The van der Waals surface area contributed by atoms with Gasteiger partial charge in [0.2, 0.25) is 5.91 Å². The summed E-state index contributed by atoms with van der Waals surface area (Å²) in [5.74, 6) is 1.09. The maximum Gasteiger partial charge on any atom is 0.240 e. The van der Waals surface area contributed by atoms with E-state index in [-0.39, 0.29) is 30.7 Å². The Hall–Kier alpha value is -1.30. The van der Waals surface area contributed by atoms with E-state index in [2.05, 4.69) is 26.3 Å². The number of carbonyl (C=O) groups is 1. The molecule has 5 nitrogen and oxygen atoms in total. The number of hydrogen-bond donors (Lipinski definition) is 2. The van der Waals surface area contributed by atoms with Gasteiger partial charge >= 0.3 is 0 Å². The van der Waals surface area contributed by atoms with Crippen LogP contribution in [0, 0.1) is 6.92 Å². The lowest BCUT2D eigenvalue weighted by Crippen LogP contribution is -2.57. The summed E-state index contributed by atoms with van der Waals surface area (Å²) in [7, 11) is 0. The van der Waals surface area contributed by atoms with Crippen LogP contribution in [-0.4, -0.2) is 34.1 Å². The lowest BCUT2D eigenvalue weighted by atomic mass is 9.90. The first-order valence-electron chi connectivity index (χ1n) is 8.05. The third kappa shape index (κ3) is 4.21. The quantitative estimate of drug-likeness (QED) is 0.867. The maximum atomic E-state index is 12.4. The Labute approximate surface area is 155 Å². The van der Waals surface area contributed by atoms with Gasteiger partial charge in [-0.3, -0.25) is 4.79 Å². The van der Waals surface area contributed by atoms with Crippen LogP contribution in [0.5, 0.6) is 0 Å². The number of para-hydroxylation sites is 2. The van der Waals surface area contributed by atoms with Crippen molar-refractivity contribution in [1.82, 2.24) is 20.2 Å². The Balaban J connectivity index is 0.00000144. The minimum absolute atomic E-state index is 0. The van der Waals surface area contributed by atoms with E-state index in [4.69, 9.17) is 0 Å². The molecule has 134 valence electrons. The normalized spacial score (nSPS) is 20.1. The predicted molar refractivity (Wildman–Crippen MR) is 102 cm³/mol. The average Bonchev–Trinajstić information content (AvgIpc) is 2.84. The number of amides is 1. The van der Waals surface area contributed by atoms with Crippen molar-refractivity contribution in [2.24, 2.45) is 0 Å². The van der Waals surface area contributed by atoms with Crippen LogP contribution in [0.1, 0.15) is 32.0 Å². The summed E-state index contributed by atoms with van der Waals surface area (Å²) in [6, 6.07) is 8.10. The van der Waals surface area contributed by atoms with Gasteiger partial charge in [-0.2, -0.15) is 0 Å². The van der Waals surface area contributed by atoms with Gasteiger partial charge in [-0.1, -0.05) is 12.1 Å². The second-order valence-corrected chi connectivity index (χ2v) is 6.27. The van der Waals surface area contributed by atoms with Gasteiger partial charge in [0.05, 0.1) is 16.6 Å². The van der Waals surface area contributed by atoms with Crippen molar-refractivity contribution in [1.29, 1.82) is 0 Å². The second-order valence-electron chi connectivity index (χ2n) is 6.27. The summed E-state index contributed by atoms with van der Waals surface area (Å²) in [5.41, 5.74) is 1.72. The standard InChI is InChI=1S/C17H24N4O.2ClH/c1-13-20-14-7-3-4-8-15(14)21(13)12-11-18-16(22)17(2)9-5-6-10-19-17;;/h3-4,7-8,19H,5-6,9-12H2,1-2H3,(H,18,22);2*1H. The number of imidazole rings is 1. The number of rotatable bonds is 4. The Bertz CT molecular complexity index is 680. The van der Waals surface area contributed by atoms with Crippen molar-refractivity contribution in [3.05, 3.63) is 30.1 Å². The first kappa shape index (κ1) is 20.7. The highest BCUT2D eigenvalue weighted by Crippen LogP contribution is 2.19. The monoisotopic (exact) mass is 372 g/mol. The Morgan fingerprint density at radius 3 is 2.79 bits per heavy atom. The first-order chi connectivity index (χ1) is 10.6. The van der Waals surface area contributed by atoms with Crippen LogP contribution < -0.4 is 10.6 Å². The number of benzene rings is 1. The fourth-order valence-electron chi connectivity index (χ4n) is 3.20. The summed E-state index contributed by atoms with van der Waals surface area (Å²) >= 11 is 0. The molecule has 1 aromatic heterocycles. The van der Waals surface area contributed by atoms with Crippen molar-refractivity contribution in [2.75, 3.05) is 13.1 Å². The van der Waals surface area contributed by atoms with Crippen molar-refractivity contribution in [3.8, 4) is 0 Å². The number of carbonyl (C=O) groups excluding carboxylic acids is 1. The van der Waals surface area contributed by atoms with Crippen LogP contribution >= 0.6 is 24.8 Å². The van der Waals surface area contributed by atoms with Gasteiger partial charge in [-0.25, -0.2) is 4.98 Å². The van der Waals surface area contributed by atoms with Crippen molar-refractivity contribution in [3.63, 3.8) is 0 Å². The van der Waals surface area contributed by atoms with Crippen LogP contribution in [0.3, 0.4) is 0 Å². The zero-order valence-electron chi connectivity index (χ0n) is 14.2. The van der Waals surface area contributed by atoms with Crippen molar-refractivity contribution in [2.45, 2.75) is 45.2 Å². The van der Waals surface area contributed by atoms with Gasteiger partial charge in [0.25, 0.3) is 0 Å². The molecule has 1 unspecified atom stereocenters. The van der Waals surface area contributed by atoms with Crippen molar-refractivity contribution < 1.29 is 4.79 Å². The van der Waals surface area contributed by atoms with E-state index in [0.29, 0.717) is 6.54 Å². The topological polar surface area (TPSA) is 59.0 Å². The lowest BCUT2D eigenvalue weighted by Gasteiger charge is -2.33. The Morgan fingerprint density at radius 1 is 1.33 bits per heavy atom. The van der Waals surface area contributed by atoms with Gasteiger partial charge in [0.1, 0.15) is 5.82 Å². The van der Waals surface area contributed by atoms with Crippen LogP contribution in [0.4, 0.5) is 0 Å². The minimum atomic E-state index is -0.412. The van der Waals surface area contributed by atoms with E-state index in [1.54, 1.807) is 0 Å². The van der Waals surface area contributed by atoms with Gasteiger partial charge in [-0.15, -0.1) is 24.8 Å². The molecule has 2 N–H and O–H groups in total. The molecule has 0 radical (unpaired) electrons. The summed E-state index contributed by atoms with van der Waals surface area (Å²) in [4.78, 5) is 17.0.